The Hall–Kier alpha value is -1.88. The molecule has 0 aromatic heterocycles. The summed E-state index contributed by atoms with van der Waals surface area (Å²) < 4.78 is 0. The van der Waals surface area contributed by atoms with Crippen molar-refractivity contribution in [1.82, 2.24) is 5.32 Å². The van der Waals surface area contributed by atoms with Crippen LogP contribution in [0.25, 0.3) is 0 Å². The Balaban J connectivity index is 2.73. The zero-order valence-corrected chi connectivity index (χ0v) is 10.8. The first-order valence-electron chi connectivity index (χ1n) is 5.58. The van der Waals surface area contributed by atoms with Gasteiger partial charge < -0.3 is 15.3 Å². The SMILES string of the molecule is CO/N=C/c1ccc(C(=O)NC(C)(C)CO)cc1. The molecule has 0 aliphatic rings. The molecule has 0 aliphatic carbocycles. The third kappa shape index (κ3) is 4.18. The van der Waals surface area contributed by atoms with Crippen molar-refractivity contribution in [3.63, 3.8) is 0 Å². The van der Waals surface area contributed by atoms with Gasteiger partial charge in [0.05, 0.1) is 18.4 Å². The zero-order valence-electron chi connectivity index (χ0n) is 10.8. The Morgan fingerprint density at radius 1 is 1.44 bits per heavy atom. The van der Waals surface area contributed by atoms with E-state index in [2.05, 4.69) is 15.3 Å². The van der Waals surface area contributed by atoms with Crippen LogP contribution in [0.4, 0.5) is 0 Å². The van der Waals surface area contributed by atoms with E-state index in [1.807, 2.05) is 0 Å². The molecule has 1 amide bonds. The van der Waals surface area contributed by atoms with Crippen LogP contribution in [0.1, 0.15) is 29.8 Å². The minimum absolute atomic E-state index is 0.114. The number of carbonyl (C=O) groups excluding carboxylic acids is 1. The molecule has 1 rings (SSSR count). The lowest BCUT2D eigenvalue weighted by atomic mass is 10.1. The van der Waals surface area contributed by atoms with E-state index in [1.54, 1.807) is 44.3 Å². The van der Waals surface area contributed by atoms with Crippen LogP contribution < -0.4 is 5.32 Å². The minimum atomic E-state index is -0.632. The molecule has 5 nitrogen and oxygen atoms in total. The number of rotatable bonds is 5. The highest BCUT2D eigenvalue weighted by Gasteiger charge is 2.19. The van der Waals surface area contributed by atoms with Gasteiger partial charge in [-0.05, 0) is 31.5 Å². The highest BCUT2D eigenvalue weighted by Crippen LogP contribution is 2.06. The molecule has 0 saturated carbocycles. The quantitative estimate of drug-likeness (QED) is 0.608. The summed E-state index contributed by atoms with van der Waals surface area (Å²) in [6.07, 6.45) is 1.55. The van der Waals surface area contributed by atoms with Gasteiger partial charge in [-0.25, -0.2) is 0 Å². The predicted molar refractivity (Wildman–Crippen MR) is 69.7 cm³/mol. The van der Waals surface area contributed by atoms with Gasteiger partial charge in [-0.3, -0.25) is 4.79 Å². The molecule has 0 saturated heterocycles. The number of oxime groups is 1. The fourth-order valence-corrected chi connectivity index (χ4v) is 1.25. The molecule has 0 heterocycles. The van der Waals surface area contributed by atoms with Crippen LogP contribution >= 0.6 is 0 Å². The molecule has 0 aliphatic heterocycles. The summed E-state index contributed by atoms with van der Waals surface area (Å²) in [6, 6.07) is 6.92. The van der Waals surface area contributed by atoms with E-state index in [9.17, 15) is 4.79 Å². The molecule has 0 fully saturated rings. The number of nitrogens with zero attached hydrogens (tertiary/aromatic N) is 1. The van der Waals surface area contributed by atoms with E-state index in [1.165, 1.54) is 7.11 Å². The number of hydrogen-bond donors (Lipinski definition) is 2. The van der Waals surface area contributed by atoms with Crippen LogP contribution in [0.15, 0.2) is 29.4 Å². The fourth-order valence-electron chi connectivity index (χ4n) is 1.25. The Morgan fingerprint density at radius 3 is 2.56 bits per heavy atom. The molecule has 0 atom stereocenters. The summed E-state index contributed by atoms with van der Waals surface area (Å²) in [7, 11) is 1.47. The second-order valence-electron chi connectivity index (χ2n) is 4.54. The van der Waals surface area contributed by atoms with Crippen molar-refractivity contribution < 1.29 is 14.7 Å². The first-order valence-corrected chi connectivity index (χ1v) is 5.58. The lowest BCUT2D eigenvalue weighted by Crippen LogP contribution is -2.46. The second-order valence-corrected chi connectivity index (χ2v) is 4.54. The maximum Gasteiger partial charge on any atom is 0.251 e. The highest BCUT2D eigenvalue weighted by atomic mass is 16.6. The van der Waals surface area contributed by atoms with Gasteiger partial charge in [0, 0.05) is 5.56 Å². The van der Waals surface area contributed by atoms with E-state index < -0.39 is 5.54 Å². The van der Waals surface area contributed by atoms with Gasteiger partial charge in [-0.1, -0.05) is 17.3 Å². The summed E-state index contributed by atoms with van der Waals surface area (Å²) in [6.45, 7) is 3.40. The average Bonchev–Trinajstić information content (AvgIpc) is 2.36. The van der Waals surface area contributed by atoms with Crippen LogP contribution in [0.5, 0.6) is 0 Å². The Morgan fingerprint density at radius 2 is 2.06 bits per heavy atom. The number of nitrogens with one attached hydrogen (secondary N) is 1. The standard InChI is InChI=1S/C13H18N2O3/c1-13(2,9-16)15-12(17)11-6-4-10(5-7-11)8-14-18-3/h4-8,16H,9H2,1-3H3,(H,15,17)/b14-8+. The molecule has 2 N–H and O–H groups in total. The van der Waals surface area contributed by atoms with Crippen LogP contribution in [0, 0.1) is 0 Å². The van der Waals surface area contributed by atoms with E-state index >= 15 is 0 Å². The van der Waals surface area contributed by atoms with Gasteiger partial charge in [0.2, 0.25) is 0 Å². The maximum absolute atomic E-state index is 11.9. The number of carbonyl (C=O) groups is 1. The van der Waals surface area contributed by atoms with Crippen LogP contribution in [-0.4, -0.2) is 36.5 Å². The summed E-state index contributed by atoms with van der Waals surface area (Å²) in [4.78, 5) is 16.4. The van der Waals surface area contributed by atoms with E-state index in [0.717, 1.165) is 5.56 Å². The summed E-state index contributed by atoms with van der Waals surface area (Å²) >= 11 is 0. The third-order valence-corrected chi connectivity index (χ3v) is 2.33. The molecule has 0 spiro atoms. The summed E-state index contributed by atoms with van der Waals surface area (Å²) in [5.74, 6) is -0.218. The van der Waals surface area contributed by atoms with Crippen molar-refractivity contribution in [1.29, 1.82) is 0 Å². The number of amides is 1. The summed E-state index contributed by atoms with van der Waals surface area (Å²) in [5, 5.41) is 15.5. The smallest absolute Gasteiger partial charge is 0.251 e. The largest absolute Gasteiger partial charge is 0.399 e. The van der Waals surface area contributed by atoms with Crippen LogP contribution in [-0.2, 0) is 4.84 Å². The molecule has 18 heavy (non-hydrogen) atoms. The van der Waals surface area contributed by atoms with E-state index in [0.29, 0.717) is 5.56 Å². The van der Waals surface area contributed by atoms with Gasteiger partial charge in [0.15, 0.2) is 0 Å². The number of benzene rings is 1. The second kappa shape index (κ2) is 6.16. The van der Waals surface area contributed by atoms with Crippen molar-refractivity contribution in [2.75, 3.05) is 13.7 Å². The molecule has 1 aromatic rings. The Bertz CT molecular complexity index is 424. The highest BCUT2D eigenvalue weighted by molar-refractivity contribution is 5.95. The zero-order chi connectivity index (χ0) is 13.6. The van der Waals surface area contributed by atoms with Gasteiger partial charge in [0.1, 0.15) is 7.11 Å². The topological polar surface area (TPSA) is 70.9 Å². The van der Waals surface area contributed by atoms with Crippen molar-refractivity contribution >= 4 is 12.1 Å². The lowest BCUT2D eigenvalue weighted by molar-refractivity contribution is 0.0869. The Kier molecular flexibility index (Phi) is 4.85. The maximum atomic E-state index is 11.9. The van der Waals surface area contributed by atoms with Crippen molar-refractivity contribution in [3.05, 3.63) is 35.4 Å². The molecule has 5 heteroatoms. The van der Waals surface area contributed by atoms with Gasteiger partial charge >= 0.3 is 0 Å². The van der Waals surface area contributed by atoms with Gasteiger partial charge in [-0.2, -0.15) is 0 Å². The summed E-state index contributed by atoms with van der Waals surface area (Å²) in [5.41, 5.74) is 0.744. The van der Waals surface area contributed by atoms with E-state index in [4.69, 9.17) is 5.11 Å². The normalized spacial score (nSPS) is 11.6. The lowest BCUT2D eigenvalue weighted by Gasteiger charge is -2.23. The fraction of sp³-hybridized carbons (Fsp3) is 0.385. The van der Waals surface area contributed by atoms with E-state index in [-0.39, 0.29) is 12.5 Å². The molecule has 0 radical (unpaired) electrons. The van der Waals surface area contributed by atoms with Gasteiger partial charge in [0.25, 0.3) is 5.91 Å². The van der Waals surface area contributed by atoms with Crippen LogP contribution in [0.3, 0.4) is 0 Å². The van der Waals surface area contributed by atoms with Crippen molar-refractivity contribution in [2.45, 2.75) is 19.4 Å². The molecule has 0 unspecified atom stereocenters. The third-order valence-electron chi connectivity index (χ3n) is 2.33. The molecule has 98 valence electrons. The monoisotopic (exact) mass is 250 g/mol. The number of hydrogen-bond acceptors (Lipinski definition) is 4. The van der Waals surface area contributed by atoms with Gasteiger partial charge in [-0.15, -0.1) is 0 Å². The first kappa shape index (κ1) is 14.2. The van der Waals surface area contributed by atoms with Crippen molar-refractivity contribution in [3.8, 4) is 0 Å². The Labute approximate surface area is 106 Å². The number of aliphatic hydroxyl groups excluding tert-OH is 1. The van der Waals surface area contributed by atoms with Crippen LogP contribution in [0.2, 0.25) is 0 Å². The van der Waals surface area contributed by atoms with Crippen molar-refractivity contribution in [2.24, 2.45) is 5.16 Å². The molecular weight excluding hydrogens is 232 g/mol. The molecule has 1 aromatic carbocycles. The predicted octanol–water partition coefficient (Wildman–Crippen LogP) is 1.17. The number of aliphatic hydroxyl groups is 1. The molecular formula is C13H18N2O3. The minimum Gasteiger partial charge on any atom is -0.399 e. The first-order chi connectivity index (χ1) is 8.48. The molecule has 0 bridgehead atoms. The average molecular weight is 250 g/mol.